The Kier molecular flexibility index (Phi) is 3.55. The number of hydrogen-bond donors (Lipinski definition) is 1. The van der Waals surface area contributed by atoms with Crippen molar-refractivity contribution in [3.8, 4) is 0 Å². The van der Waals surface area contributed by atoms with E-state index in [1.165, 1.54) is 0 Å². The third kappa shape index (κ3) is 2.66. The van der Waals surface area contributed by atoms with Crippen LogP contribution in [0.5, 0.6) is 0 Å². The van der Waals surface area contributed by atoms with E-state index in [2.05, 4.69) is 20.4 Å². The van der Waals surface area contributed by atoms with E-state index >= 15 is 0 Å². The lowest BCUT2D eigenvalue weighted by molar-refractivity contribution is 0.218. The van der Waals surface area contributed by atoms with E-state index in [-0.39, 0.29) is 6.10 Å². The predicted octanol–water partition coefficient (Wildman–Crippen LogP) is 1.97. The van der Waals surface area contributed by atoms with Crippen molar-refractivity contribution in [2.75, 3.05) is 0 Å². The van der Waals surface area contributed by atoms with Crippen molar-refractivity contribution in [2.24, 2.45) is 5.92 Å². The van der Waals surface area contributed by atoms with Gasteiger partial charge in [-0.3, -0.25) is 0 Å². The second-order valence-electron chi connectivity index (χ2n) is 2.56. The number of hydrogen-bond acceptors (Lipinski definition) is 1. The van der Waals surface area contributed by atoms with Crippen LogP contribution >= 0.6 is 0 Å². The summed E-state index contributed by atoms with van der Waals surface area (Å²) in [6.45, 7) is 9.71. The first-order chi connectivity index (χ1) is 4.09. The SMILES string of the molecule is C=C(C(C)O)C(C)CC. The van der Waals surface area contributed by atoms with Gasteiger partial charge in [0.1, 0.15) is 0 Å². The zero-order chi connectivity index (χ0) is 7.44. The van der Waals surface area contributed by atoms with Crippen LogP contribution in [0, 0.1) is 5.92 Å². The molecule has 0 aromatic heterocycles. The standard InChI is InChI=1S/C8H16O/c1-5-6(2)7(3)8(4)9/h6,8-9H,3,5H2,1-2,4H3. The highest BCUT2D eigenvalue weighted by atomic mass is 16.3. The van der Waals surface area contributed by atoms with E-state index in [4.69, 9.17) is 5.11 Å². The molecule has 54 valence electrons. The minimum atomic E-state index is -0.347. The first kappa shape index (κ1) is 8.70. The van der Waals surface area contributed by atoms with Crippen LogP contribution in [0.4, 0.5) is 0 Å². The minimum absolute atomic E-state index is 0.347. The molecule has 2 unspecified atom stereocenters. The number of aliphatic hydroxyl groups excluding tert-OH is 1. The summed E-state index contributed by atoms with van der Waals surface area (Å²) in [7, 11) is 0. The van der Waals surface area contributed by atoms with Crippen LogP contribution in [-0.4, -0.2) is 11.2 Å². The molecule has 1 nitrogen and oxygen atoms in total. The molecule has 1 N–H and O–H groups in total. The van der Waals surface area contributed by atoms with Crippen LogP contribution in [0.25, 0.3) is 0 Å². The maximum Gasteiger partial charge on any atom is 0.0721 e. The average Bonchev–Trinajstić information content (AvgIpc) is 1.84. The molecular weight excluding hydrogens is 112 g/mol. The highest BCUT2D eigenvalue weighted by Gasteiger charge is 2.07. The zero-order valence-electron chi connectivity index (χ0n) is 6.52. The first-order valence-corrected chi connectivity index (χ1v) is 3.46. The molecule has 0 saturated heterocycles. The number of rotatable bonds is 3. The Labute approximate surface area is 57.4 Å². The number of aliphatic hydroxyl groups is 1. The molecule has 2 atom stereocenters. The lowest BCUT2D eigenvalue weighted by Gasteiger charge is -2.14. The minimum Gasteiger partial charge on any atom is -0.389 e. The van der Waals surface area contributed by atoms with Crippen molar-refractivity contribution in [1.82, 2.24) is 0 Å². The molecule has 0 amide bonds. The van der Waals surface area contributed by atoms with Crippen molar-refractivity contribution in [1.29, 1.82) is 0 Å². The summed E-state index contributed by atoms with van der Waals surface area (Å²) in [5, 5.41) is 9.02. The first-order valence-electron chi connectivity index (χ1n) is 3.46. The molecule has 0 saturated carbocycles. The van der Waals surface area contributed by atoms with Crippen LogP contribution in [0.2, 0.25) is 0 Å². The van der Waals surface area contributed by atoms with Gasteiger partial charge >= 0.3 is 0 Å². The van der Waals surface area contributed by atoms with Gasteiger partial charge in [0.25, 0.3) is 0 Å². The average molecular weight is 128 g/mol. The molecule has 0 aromatic carbocycles. The Morgan fingerprint density at radius 1 is 1.56 bits per heavy atom. The van der Waals surface area contributed by atoms with Gasteiger partial charge in [0.15, 0.2) is 0 Å². The Balaban J connectivity index is 3.73. The van der Waals surface area contributed by atoms with Gasteiger partial charge in [-0.1, -0.05) is 20.4 Å². The quantitative estimate of drug-likeness (QED) is 0.576. The molecule has 0 aromatic rings. The summed E-state index contributed by atoms with van der Waals surface area (Å²) < 4.78 is 0. The molecule has 0 spiro atoms. The van der Waals surface area contributed by atoms with E-state index in [0.717, 1.165) is 12.0 Å². The Morgan fingerprint density at radius 3 is 2.11 bits per heavy atom. The van der Waals surface area contributed by atoms with Crippen molar-refractivity contribution in [2.45, 2.75) is 33.3 Å². The fourth-order valence-corrected chi connectivity index (χ4v) is 0.674. The van der Waals surface area contributed by atoms with Gasteiger partial charge in [-0.2, -0.15) is 0 Å². The maximum atomic E-state index is 9.02. The van der Waals surface area contributed by atoms with Crippen molar-refractivity contribution in [3.05, 3.63) is 12.2 Å². The monoisotopic (exact) mass is 128 g/mol. The zero-order valence-corrected chi connectivity index (χ0v) is 6.52. The molecule has 0 aliphatic carbocycles. The molecular formula is C8H16O. The van der Waals surface area contributed by atoms with Gasteiger partial charge in [0, 0.05) is 0 Å². The Morgan fingerprint density at radius 2 is 2.00 bits per heavy atom. The highest BCUT2D eigenvalue weighted by Crippen LogP contribution is 2.14. The van der Waals surface area contributed by atoms with E-state index in [1.807, 2.05) is 0 Å². The summed E-state index contributed by atoms with van der Waals surface area (Å²) in [6.07, 6.45) is 0.712. The van der Waals surface area contributed by atoms with Crippen molar-refractivity contribution < 1.29 is 5.11 Å². The Hall–Kier alpha value is -0.300. The third-order valence-corrected chi connectivity index (χ3v) is 1.78. The van der Waals surface area contributed by atoms with E-state index in [9.17, 15) is 0 Å². The molecule has 0 radical (unpaired) electrons. The van der Waals surface area contributed by atoms with E-state index < -0.39 is 0 Å². The lowest BCUT2D eigenvalue weighted by atomic mass is 9.96. The summed E-state index contributed by atoms with van der Waals surface area (Å²) in [6, 6.07) is 0. The maximum absolute atomic E-state index is 9.02. The topological polar surface area (TPSA) is 20.2 Å². The van der Waals surface area contributed by atoms with Gasteiger partial charge < -0.3 is 5.11 Å². The van der Waals surface area contributed by atoms with E-state index in [1.54, 1.807) is 6.92 Å². The lowest BCUT2D eigenvalue weighted by Crippen LogP contribution is -2.10. The Bertz CT molecular complexity index is 94.7. The van der Waals surface area contributed by atoms with Crippen molar-refractivity contribution in [3.63, 3.8) is 0 Å². The molecule has 0 aliphatic heterocycles. The van der Waals surface area contributed by atoms with Crippen LogP contribution in [-0.2, 0) is 0 Å². The molecule has 0 rings (SSSR count). The van der Waals surface area contributed by atoms with Crippen LogP contribution in [0.1, 0.15) is 27.2 Å². The smallest absolute Gasteiger partial charge is 0.0721 e. The van der Waals surface area contributed by atoms with Gasteiger partial charge in [0.05, 0.1) is 6.10 Å². The molecule has 0 heterocycles. The molecule has 0 fully saturated rings. The van der Waals surface area contributed by atoms with Gasteiger partial charge in [-0.05, 0) is 24.8 Å². The molecule has 0 bridgehead atoms. The normalized spacial score (nSPS) is 16.9. The van der Waals surface area contributed by atoms with Crippen LogP contribution in [0.15, 0.2) is 12.2 Å². The van der Waals surface area contributed by atoms with Crippen LogP contribution in [0.3, 0.4) is 0 Å². The van der Waals surface area contributed by atoms with E-state index in [0.29, 0.717) is 5.92 Å². The second kappa shape index (κ2) is 3.67. The summed E-state index contributed by atoms with van der Waals surface area (Å²) in [5.41, 5.74) is 0.942. The molecule has 1 heteroatoms. The van der Waals surface area contributed by atoms with Gasteiger partial charge in [-0.25, -0.2) is 0 Å². The van der Waals surface area contributed by atoms with Gasteiger partial charge in [0.2, 0.25) is 0 Å². The molecule has 9 heavy (non-hydrogen) atoms. The third-order valence-electron chi connectivity index (χ3n) is 1.78. The second-order valence-corrected chi connectivity index (χ2v) is 2.56. The predicted molar refractivity (Wildman–Crippen MR) is 40.3 cm³/mol. The summed E-state index contributed by atoms with van der Waals surface area (Å²) >= 11 is 0. The van der Waals surface area contributed by atoms with Gasteiger partial charge in [-0.15, -0.1) is 0 Å². The van der Waals surface area contributed by atoms with Crippen LogP contribution < -0.4 is 0 Å². The summed E-state index contributed by atoms with van der Waals surface area (Å²) in [5.74, 6) is 0.449. The fraction of sp³-hybridized carbons (Fsp3) is 0.750. The fourth-order valence-electron chi connectivity index (χ4n) is 0.674. The molecule has 0 aliphatic rings. The largest absolute Gasteiger partial charge is 0.389 e. The highest BCUT2D eigenvalue weighted by molar-refractivity contribution is 5.03. The summed E-state index contributed by atoms with van der Waals surface area (Å²) in [4.78, 5) is 0. The van der Waals surface area contributed by atoms with Crippen molar-refractivity contribution >= 4 is 0 Å².